The number of pyridine rings is 1. The molecule has 0 unspecified atom stereocenters. The number of hydrogen-bond acceptors (Lipinski definition) is 4. The Bertz CT molecular complexity index is 716. The second-order valence-electron chi connectivity index (χ2n) is 5.17. The van der Waals surface area contributed by atoms with Crippen LogP contribution in [0.2, 0.25) is 0 Å². The maximum atomic E-state index is 12.6. The summed E-state index contributed by atoms with van der Waals surface area (Å²) >= 11 is 3.33. The van der Waals surface area contributed by atoms with Gasteiger partial charge in [0.25, 0.3) is 5.91 Å². The molecule has 1 aliphatic rings. The lowest BCUT2D eigenvalue weighted by Crippen LogP contribution is -2.37. The minimum absolute atomic E-state index is 0.00901. The number of halogens is 1. The first-order valence-electron chi connectivity index (χ1n) is 6.95. The van der Waals surface area contributed by atoms with E-state index < -0.39 is 0 Å². The molecule has 1 amide bonds. The van der Waals surface area contributed by atoms with E-state index in [0.29, 0.717) is 35.4 Å². The van der Waals surface area contributed by atoms with E-state index in [1.54, 1.807) is 13.2 Å². The first-order chi connectivity index (χ1) is 10.6. The second-order valence-corrected chi connectivity index (χ2v) is 6.03. The third-order valence-electron chi connectivity index (χ3n) is 3.75. The van der Waals surface area contributed by atoms with E-state index in [1.807, 2.05) is 29.2 Å². The Kier molecular flexibility index (Phi) is 4.02. The second kappa shape index (κ2) is 5.96. The predicted molar refractivity (Wildman–Crippen MR) is 87.8 cm³/mol. The van der Waals surface area contributed by atoms with Crippen LogP contribution in [-0.2, 0) is 13.0 Å². The molecule has 2 aromatic rings. The van der Waals surface area contributed by atoms with Crippen molar-refractivity contribution in [1.29, 1.82) is 0 Å². The Hall–Kier alpha value is -2.08. The van der Waals surface area contributed by atoms with Crippen LogP contribution in [0, 0.1) is 0 Å². The van der Waals surface area contributed by atoms with E-state index in [2.05, 4.69) is 20.9 Å². The first kappa shape index (κ1) is 14.8. The van der Waals surface area contributed by atoms with Crippen LogP contribution in [0.5, 0.6) is 5.75 Å². The Morgan fingerprint density at radius 1 is 1.36 bits per heavy atom. The van der Waals surface area contributed by atoms with Crippen LogP contribution < -0.4 is 10.5 Å². The number of nitrogen functional groups attached to an aromatic ring is 1. The average Bonchev–Trinajstić information content (AvgIpc) is 2.53. The number of anilines is 1. The lowest BCUT2D eigenvalue weighted by molar-refractivity contribution is 0.0725. The van der Waals surface area contributed by atoms with Gasteiger partial charge in [-0.25, -0.2) is 4.98 Å². The molecule has 6 heteroatoms. The summed E-state index contributed by atoms with van der Waals surface area (Å²) in [5.41, 5.74) is 8.25. The number of carbonyl (C=O) groups is 1. The smallest absolute Gasteiger partial charge is 0.256 e. The highest BCUT2D eigenvalue weighted by Gasteiger charge is 2.26. The van der Waals surface area contributed by atoms with Crippen LogP contribution in [0.25, 0.3) is 0 Å². The third kappa shape index (κ3) is 2.78. The molecular formula is C16H16BrN3O2. The van der Waals surface area contributed by atoms with Crippen molar-refractivity contribution < 1.29 is 9.53 Å². The van der Waals surface area contributed by atoms with Crippen LogP contribution in [0.1, 0.15) is 21.6 Å². The van der Waals surface area contributed by atoms with Crippen molar-refractivity contribution in [2.75, 3.05) is 19.4 Å². The number of hydrogen-bond donors (Lipinski definition) is 1. The zero-order valence-electron chi connectivity index (χ0n) is 12.2. The maximum Gasteiger partial charge on any atom is 0.256 e. The monoisotopic (exact) mass is 361 g/mol. The Morgan fingerprint density at radius 2 is 2.09 bits per heavy atom. The SMILES string of the molecule is COc1ccc(CN2CCc3nc(N)c(Br)cc3C2=O)cc1. The van der Waals surface area contributed by atoms with Crippen molar-refractivity contribution >= 4 is 27.7 Å². The average molecular weight is 362 g/mol. The molecule has 1 aromatic heterocycles. The van der Waals surface area contributed by atoms with E-state index in [0.717, 1.165) is 17.0 Å². The number of carbonyl (C=O) groups excluding carboxylic acids is 1. The van der Waals surface area contributed by atoms with Gasteiger partial charge in [-0.05, 0) is 39.7 Å². The molecule has 0 aliphatic carbocycles. The fourth-order valence-electron chi connectivity index (χ4n) is 2.53. The lowest BCUT2D eigenvalue weighted by atomic mass is 10.0. The van der Waals surface area contributed by atoms with Crippen molar-refractivity contribution in [1.82, 2.24) is 9.88 Å². The van der Waals surface area contributed by atoms with Crippen LogP contribution in [0.15, 0.2) is 34.8 Å². The molecule has 0 fully saturated rings. The highest BCUT2D eigenvalue weighted by Crippen LogP contribution is 2.26. The number of fused-ring (bicyclic) bond motifs is 1. The number of methoxy groups -OCH3 is 1. The van der Waals surface area contributed by atoms with Gasteiger partial charge in [0.2, 0.25) is 0 Å². The summed E-state index contributed by atoms with van der Waals surface area (Å²) in [6.45, 7) is 1.22. The molecular weight excluding hydrogens is 346 g/mol. The van der Waals surface area contributed by atoms with Crippen molar-refractivity contribution in [2.45, 2.75) is 13.0 Å². The first-order valence-corrected chi connectivity index (χ1v) is 7.75. The molecule has 2 N–H and O–H groups in total. The number of nitrogens with two attached hydrogens (primary N) is 1. The van der Waals surface area contributed by atoms with Gasteiger partial charge in [-0.2, -0.15) is 0 Å². The Balaban J connectivity index is 1.81. The van der Waals surface area contributed by atoms with Crippen molar-refractivity contribution in [3.8, 4) is 5.75 Å². The third-order valence-corrected chi connectivity index (χ3v) is 4.39. The van der Waals surface area contributed by atoms with Gasteiger partial charge >= 0.3 is 0 Å². The van der Waals surface area contributed by atoms with Gasteiger partial charge in [0.1, 0.15) is 11.6 Å². The van der Waals surface area contributed by atoms with Crippen LogP contribution >= 0.6 is 15.9 Å². The largest absolute Gasteiger partial charge is 0.497 e. The molecule has 0 atom stereocenters. The Labute approximate surface area is 137 Å². The number of ether oxygens (including phenoxy) is 1. The van der Waals surface area contributed by atoms with Crippen molar-refractivity contribution in [3.63, 3.8) is 0 Å². The van der Waals surface area contributed by atoms with Gasteiger partial charge in [-0.15, -0.1) is 0 Å². The van der Waals surface area contributed by atoms with Crippen molar-refractivity contribution in [2.24, 2.45) is 0 Å². The predicted octanol–water partition coefficient (Wildman–Crippen LogP) is 2.63. The molecule has 5 nitrogen and oxygen atoms in total. The van der Waals surface area contributed by atoms with Gasteiger partial charge in [0, 0.05) is 19.5 Å². The number of nitrogens with zero attached hydrogens (tertiary/aromatic N) is 2. The van der Waals surface area contributed by atoms with Crippen LogP contribution in [0.3, 0.4) is 0 Å². The van der Waals surface area contributed by atoms with Gasteiger partial charge in [-0.3, -0.25) is 4.79 Å². The summed E-state index contributed by atoms with van der Waals surface area (Å²) in [5.74, 6) is 1.23. The fraction of sp³-hybridized carbons (Fsp3) is 0.250. The van der Waals surface area contributed by atoms with E-state index in [9.17, 15) is 4.79 Å². The minimum atomic E-state index is -0.00901. The van der Waals surface area contributed by atoms with Crippen molar-refractivity contribution in [3.05, 3.63) is 51.6 Å². The summed E-state index contributed by atoms with van der Waals surface area (Å²) in [6.07, 6.45) is 0.717. The number of benzene rings is 1. The van der Waals surface area contributed by atoms with Gasteiger partial charge < -0.3 is 15.4 Å². The van der Waals surface area contributed by atoms with E-state index >= 15 is 0 Å². The minimum Gasteiger partial charge on any atom is -0.497 e. The fourth-order valence-corrected chi connectivity index (χ4v) is 2.85. The molecule has 0 bridgehead atoms. The highest BCUT2D eigenvalue weighted by atomic mass is 79.9. The zero-order valence-corrected chi connectivity index (χ0v) is 13.8. The van der Waals surface area contributed by atoms with Gasteiger partial charge in [-0.1, -0.05) is 12.1 Å². The quantitative estimate of drug-likeness (QED) is 0.912. The number of amides is 1. The normalized spacial score (nSPS) is 13.9. The van der Waals surface area contributed by atoms with Crippen LogP contribution in [0.4, 0.5) is 5.82 Å². The lowest BCUT2D eigenvalue weighted by Gasteiger charge is -2.28. The molecule has 0 saturated heterocycles. The van der Waals surface area contributed by atoms with Gasteiger partial charge in [0.15, 0.2) is 0 Å². The molecule has 0 radical (unpaired) electrons. The van der Waals surface area contributed by atoms with E-state index in [-0.39, 0.29) is 5.91 Å². The summed E-state index contributed by atoms with van der Waals surface area (Å²) in [5, 5.41) is 0. The molecule has 22 heavy (non-hydrogen) atoms. The summed E-state index contributed by atoms with van der Waals surface area (Å²) in [7, 11) is 1.64. The van der Waals surface area contributed by atoms with E-state index in [4.69, 9.17) is 10.5 Å². The summed E-state index contributed by atoms with van der Waals surface area (Å²) in [6, 6.07) is 9.50. The van der Waals surface area contributed by atoms with Gasteiger partial charge in [0.05, 0.1) is 22.8 Å². The maximum absolute atomic E-state index is 12.6. The highest BCUT2D eigenvalue weighted by molar-refractivity contribution is 9.10. The topological polar surface area (TPSA) is 68.4 Å². The van der Waals surface area contributed by atoms with Crippen LogP contribution in [-0.4, -0.2) is 29.4 Å². The Morgan fingerprint density at radius 3 is 2.77 bits per heavy atom. The molecule has 0 spiro atoms. The van der Waals surface area contributed by atoms with E-state index in [1.165, 1.54) is 0 Å². The standard InChI is InChI=1S/C16H16BrN3O2/c1-22-11-4-2-10(3-5-11)9-20-7-6-14-12(16(20)21)8-13(17)15(18)19-14/h2-5,8H,6-7,9H2,1H3,(H2,18,19). The number of rotatable bonds is 3. The molecule has 1 aliphatic heterocycles. The molecule has 114 valence electrons. The summed E-state index contributed by atoms with van der Waals surface area (Å²) < 4.78 is 5.80. The number of aromatic nitrogens is 1. The molecule has 1 aromatic carbocycles. The zero-order chi connectivity index (χ0) is 15.7. The molecule has 2 heterocycles. The molecule has 0 saturated carbocycles. The summed E-state index contributed by atoms with van der Waals surface area (Å²) in [4.78, 5) is 18.7. The molecule has 3 rings (SSSR count).